The van der Waals surface area contributed by atoms with Crippen molar-refractivity contribution in [3.8, 4) is 5.75 Å². The lowest BCUT2D eigenvalue weighted by atomic mass is 10.1. The Hall–Kier alpha value is -3.07. The molecule has 2 rings (SSSR count). The molecule has 0 unspecified atom stereocenters. The number of nitrogens with one attached hydrogen (secondary N) is 1. The number of hydrogen-bond acceptors (Lipinski definition) is 5. The number of ether oxygens (including phenoxy) is 1. The van der Waals surface area contributed by atoms with Gasteiger partial charge in [-0.05, 0) is 49.4 Å². The van der Waals surface area contributed by atoms with E-state index in [9.17, 15) is 18.0 Å². The molecule has 0 heterocycles. The molecular weight excluding hydrogens is 490 g/mol. The number of anilines is 1. The first-order valence-electron chi connectivity index (χ1n) is 12.9. The molecule has 1 N–H and O–H groups in total. The van der Waals surface area contributed by atoms with Gasteiger partial charge in [-0.25, -0.2) is 8.42 Å². The number of nitrogens with zero attached hydrogens (tertiary/aromatic N) is 2. The fourth-order valence-electron chi connectivity index (χ4n) is 4.21. The predicted octanol–water partition coefficient (Wildman–Crippen LogP) is 4.27. The van der Waals surface area contributed by atoms with Gasteiger partial charge in [0.1, 0.15) is 11.8 Å². The summed E-state index contributed by atoms with van der Waals surface area (Å²) in [6.07, 6.45) is 3.85. The third-order valence-electron chi connectivity index (χ3n) is 6.32. The summed E-state index contributed by atoms with van der Waals surface area (Å²) >= 11 is 0. The average molecular weight is 532 g/mol. The molecule has 0 aromatic heterocycles. The van der Waals surface area contributed by atoms with Crippen LogP contribution in [0, 0.1) is 6.92 Å². The SMILES string of the molecule is CCCCNC(=O)[C@@H](CC)N(Cc1ccccc1C)C(=O)CCCN(c1ccccc1OC)S(C)(=O)=O. The van der Waals surface area contributed by atoms with Crippen LogP contribution in [0.1, 0.15) is 57.1 Å². The molecule has 0 bridgehead atoms. The van der Waals surface area contributed by atoms with Crippen LogP contribution in [0.2, 0.25) is 0 Å². The molecule has 2 aromatic carbocycles. The first-order valence-corrected chi connectivity index (χ1v) is 14.7. The topological polar surface area (TPSA) is 96.0 Å². The van der Waals surface area contributed by atoms with E-state index in [1.807, 2.05) is 38.1 Å². The van der Waals surface area contributed by atoms with Crippen LogP contribution in [0.3, 0.4) is 0 Å². The summed E-state index contributed by atoms with van der Waals surface area (Å²) in [5.41, 5.74) is 2.45. The lowest BCUT2D eigenvalue weighted by Crippen LogP contribution is -2.49. The number of aryl methyl sites for hydroxylation is 1. The fourth-order valence-corrected chi connectivity index (χ4v) is 5.18. The van der Waals surface area contributed by atoms with Gasteiger partial charge in [-0.3, -0.25) is 13.9 Å². The van der Waals surface area contributed by atoms with E-state index >= 15 is 0 Å². The van der Waals surface area contributed by atoms with Crippen LogP contribution in [0.5, 0.6) is 5.75 Å². The summed E-state index contributed by atoms with van der Waals surface area (Å²) < 4.78 is 31.8. The van der Waals surface area contributed by atoms with Crippen LogP contribution in [0.15, 0.2) is 48.5 Å². The first kappa shape index (κ1) is 30.2. The highest BCUT2D eigenvalue weighted by molar-refractivity contribution is 7.92. The zero-order chi connectivity index (χ0) is 27.4. The van der Waals surface area contributed by atoms with E-state index in [4.69, 9.17) is 4.74 Å². The second-order valence-electron chi connectivity index (χ2n) is 9.13. The van der Waals surface area contributed by atoms with Crippen molar-refractivity contribution >= 4 is 27.5 Å². The van der Waals surface area contributed by atoms with Crippen LogP contribution in [0.4, 0.5) is 5.69 Å². The highest BCUT2D eigenvalue weighted by Crippen LogP contribution is 2.30. The first-order chi connectivity index (χ1) is 17.6. The van der Waals surface area contributed by atoms with Gasteiger partial charge in [-0.15, -0.1) is 0 Å². The molecule has 0 aliphatic carbocycles. The van der Waals surface area contributed by atoms with E-state index in [1.54, 1.807) is 29.2 Å². The number of carbonyl (C=O) groups is 2. The largest absolute Gasteiger partial charge is 0.495 e. The van der Waals surface area contributed by atoms with Gasteiger partial charge in [-0.1, -0.05) is 56.7 Å². The average Bonchev–Trinajstić information content (AvgIpc) is 2.87. The summed E-state index contributed by atoms with van der Waals surface area (Å²) in [6, 6.07) is 14.1. The van der Waals surface area contributed by atoms with Crippen LogP contribution in [0.25, 0.3) is 0 Å². The molecule has 0 saturated carbocycles. The van der Waals surface area contributed by atoms with Gasteiger partial charge in [0.05, 0.1) is 19.1 Å². The van der Waals surface area contributed by atoms with E-state index < -0.39 is 16.1 Å². The molecule has 8 nitrogen and oxygen atoms in total. The number of para-hydroxylation sites is 2. The molecule has 0 aliphatic heterocycles. The third-order valence-corrected chi connectivity index (χ3v) is 7.50. The molecule has 0 radical (unpaired) electrons. The van der Waals surface area contributed by atoms with Crippen molar-refractivity contribution < 1.29 is 22.7 Å². The molecule has 0 spiro atoms. The van der Waals surface area contributed by atoms with Crippen molar-refractivity contribution in [3.05, 3.63) is 59.7 Å². The Bertz CT molecular complexity index is 1140. The summed E-state index contributed by atoms with van der Waals surface area (Å²) in [7, 11) is -2.12. The molecule has 0 fully saturated rings. The van der Waals surface area contributed by atoms with Crippen LogP contribution >= 0.6 is 0 Å². The van der Waals surface area contributed by atoms with E-state index in [1.165, 1.54) is 11.4 Å². The lowest BCUT2D eigenvalue weighted by molar-refractivity contribution is -0.141. The van der Waals surface area contributed by atoms with Gasteiger partial charge in [0.25, 0.3) is 0 Å². The monoisotopic (exact) mass is 531 g/mol. The molecular formula is C28H41N3O5S. The third kappa shape index (κ3) is 8.77. The number of hydrogen-bond donors (Lipinski definition) is 1. The number of benzene rings is 2. The van der Waals surface area contributed by atoms with Gasteiger partial charge in [0.15, 0.2) is 0 Å². The van der Waals surface area contributed by atoms with E-state index in [0.717, 1.165) is 30.2 Å². The number of amides is 2. The molecule has 2 aromatic rings. The van der Waals surface area contributed by atoms with Gasteiger partial charge in [0.2, 0.25) is 21.8 Å². The highest BCUT2D eigenvalue weighted by atomic mass is 32.2. The minimum absolute atomic E-state index is 0.103. The van der Waals surface area contributed by atoms with E-state index in [2.05, 4.69) is 12.2 Å². The molecule has 9 heteroatoms. The Morgan fingerprint density at radius 1 is 1.03 bits per heavy atom. The number of rotatable bonds is 15. The maximum Gasteiger partial charge on any atom is 0.242 e. The number of carbonyl (C=O) groups excluding carboxylic acids is 2. The maximum absolute atomic E-state index is 13.5. The molecule has 2 amide bonds. The molecule has 1 atom stereocenters. The van der Waals surface area contributed by atoms with Crippen molar-refractivity contribution in [1.82, 2.24) is 10.2 Å². The summed E-state index contributed by atoms with van der Waals surface area (Å²) in [5, 5.41) is 2.96. The molecule has 0 aliphatic rings. The van der Waals surface area contributed by atoms with Crippen molar-refractivity contribution in [3.63, 3.8) is 0 Å². The minimum Gasteiger partial charge on any atom is -0.495 e. The van der Waals surface area contributed by atoms with E-state index in [-0.39, 0.29) is 24.8 Å². The van der Waals surface area contributed by atoms with Crippen molar-refractivity contribution in [2.75, 3.05) is 30.8 Å². The standard InChI is InChI=1S/C28H41N3O5S/c1-6-8-19-29-28(33)24(7-2)30(21-23-15-10-9-14-22(23)3)27(32)18-13-20-31(37(5,34)35)25-16-11-12-17-26(25)36-4/h9-12,14-17,24H,6-8,13,18-21H2,1-5H3,(H,29,33)/t24-/m1/s1. The second kappa shape index (κ2) is 14.6. The van der Waals surface area contributed by atoms with Crippen LogP contribution in [-0.4, -0.2) is 57.6 Å². The summed E-state index contributed by atoms with van der Waals surface area (Å²) in [5.74, 6) is 0.0918. The Balaban J connectivity index is 2.23. The molecule has 0 saturated heterocycles. The number of unbranched alkanes of at least 4 members (excludes halogenated alkanes) is 1. The zero-order valence-corrected chi connectivity index (χ0v) is 23.5. The normalized spacial score (nSPS) is 12.0. The highest BCUT2D eigenvalue weighted by Gasteiger charge is 2.29. The zero-order valence-electron chi connectivity index (χ0n) is 22.7. The summed E-state index contributed by atoms with van der Waals surface area (Å²) in [6.45, 7) is 6.94. The fraction of sp³-hybridized carbons (Fsp3) is 0.500. The van der Waals surface area contributed by atoms with Crippen LogP contribution in [-0.2, 0) is 26.2 Å². The Labute approximate surface area is 222 Å². The second-order valence-corrected chi connectivity index (χ2v) is 11.0. The van der Waals surface area contributed by atoms with Gasteiger partial charge >= 0.3 is 0 Å². The van der Waals surface area contributed by atoms with Crippen molar-refractivity contribution in [2.24, 2.45) is 0 Å². The van der Waals surface area contributed by atoms with Crippen LogP contribution < -0.4 is 14.4 Å². The maximum atomic E-state index is 13.5. The van der Waals surface area contributed by atoms with E-state index in [0.29, 0.717) is 37.4 Å². The Morgan fingerprint density at radius 2 is 1.70 bits per heavy atom. The van der Waals surface area contributed by atoms with Gasteiger partial charge in [-0.2, -0.15) is 0 Å². The number of sulfonamides is 1. The molecule has 204 valence electrons. The Kier molecular flexibility index (Phi) is 11.9. The predicted molar refractivity (Wildman–Crippen MR) is 148 cm³/mol. The summed E-state index contributed by atoms with van der Waals surface area (Å²) in [4.78, 5) is 28.2. The Morgan fingerprint density at radius 3 is 2.32 bits per heavy atom. The van der Waals surface area contributed by atoms with Crippen molar-refractivity contribution in [2.45, 2.75) is 65.5 Å². The molecule has 37 heavy (non-hydrogen) atoms. The quantitative estimate of drug-likeness (QED) is 0.346. The number of methoxy groups -OCH3 is 1. The van der Waals surface area contributed by atoms with Gasteiger partial charge < -0.3 is 15.0 Å². The van der Waals surface area contributed by atoms with Crippen molar-refractivity contribution in [1.29, 1.82) is 0 Å². The van der Waals surface area contributed by atoms with Gasteiger partial charge in [0, 0.05) is 26.1 Å². The smallest absolute Gasteiger partial charge is 0.242 e. The minimum atomic E-state index is -3.61. The lowest BCUT2D eigenvalue weighted by Gasteiger charge is -2.31.